The number of nitrogens with one attached hydrogen (secondary N) is 1. The molecule has 1 aromatic carbocycles. The maximum absolute atomic E-state index is 12.6. The van der Waals surface area contributed by atoms with E-state index in [0.29, 0.717) is 10.7 Å². The molecule has 128 valence electrons. The Kier molecular flexibility index (Phi) is 6.83. The topological polar surface area (TPSA) is 52.7 Å². The first-order valence-corrected chi connectivity index (χ1v) is 6.99. The first kappa shape index (κ1) is 19.2. The van der Waals surface area contributed by atoms with E-state index in [2.05, 4.69) is 5.32 Å². The summed E-state index contributed by atoms with van der Waals surface area (Å²) >= 11 is 5.76. The van der Waals surface area contributed by atoms with E-state index >= 15 is 0 Å². The Balaban J connectivity index is 2.71. The van der Waals surface area contributed by atoms with Crippen molar-refractivity contribution in [3.63, 3.8) is 0 Å². The number of hydrogen-bond donors (Lipinski definition) is 1. The lowest BCUT2D eigenvalue weighted by Gasteiger charge is -2.24. The number of amides is 2. The average molecular weight is 352 g/mol. The van der Waals surface area contributed by atoms with Gasteiger partial charge in [0.05, 0.1) is 19.6 Å². The lowest BCUT2D eigenvalue weighted by Crippen LogP contribution is -2.44. The van der Waals surface area contributed by atoms with Crippen molar-refractivity contribution in [2.24, 2.45) is 0 Å². The Morgan fingerprint density at radius 2 is 1.87 bits per heavy atom. The zero-order chi connectivity index (χ0) is 17.6. The molecule has 1 rings (SSSR count). The fraction of sp³-hybridized carbons (Fsp3) is 0.429. The third-order valence-corrected chi connectivity index (χ3v) is 2.97. The Labute approximate surface area is 137 Å². The monoisotopic (exact) mass is 351 g/mol. The summed E-state index contributed by atoms with van der Waals surface area (Å²) in [5, 5.41) is 2.83. The van der Waals surface area contributed by atoms with Crippen LogP contribution in [-0.2, 0) is 9.59 Å². The second-order valence-corrected chi connectivity index (χ2v) is 5.54. The van der Waals surface area contributed by atoms with E-state index < -0.39 is 37.6 Å². The van der Waals surface area contributed by atoms with Gasteiger partial charge in [-0.25, -0.2) is 0 Å². The molecule has 0 bridgehead atoms. The summed E-state index contributed by atoms with van der Waals surface area (Å²) in [7, 11) is 2.86. The Bertz CT molecular complexity index is 564. The average Bonchev–Trinajstić information content (AvgIpc) is 2.35. The fourth-order valence-corrected chi connectivity index (χ4v) is 1.91. The van der Waals surface area contributed by atoms with Crippen molar-refractivity contribution < 1.29 is 22.8 Å². The van der Waals surface area contributed by atoms with Crippen LogP contribution >= 0.6 is 11.6 Å². The summed E-state index contributed by atoms with van der Waals surface area (Å²) in [6.45, 7) is -2.42. The first-order chi connectivity index (χ1) is 10.6. The second-order valence-electron chi connectivity index (χ2n) is 5.11. The van der Waals surface area contributed by atoms with E-state index in [1.165, 1.54) is 20.2 Å². The van der Waals surface area contributed by atoms with Crippen LogP contribution in [0.15, 0.2) is 24.3 Å². The highest BCUT2D eigenvalue weighted by atomic mass is 35.5. The number of likely N-dealkylation sites (N-methyl/N-ethyl adjacent to an activating group) is 1. The van der Waals surface area contributed by atoms with Crippen molar-refractivity contribution in [2.75, 3.05) is 39.0 Å². The minimum atomic E-state index is -4.51. The van der Waals surface area contributed by atoms with Crippen LogP contribution in [0.5, 0.6) is 0 Å². The van der Waals surface area contributed by atoms with Crippen LogP contribution in [0, 0.1) is 0 Å². The molecule has 9 heteroatoms. The predicted octanol–water partition coefficient (Wildman–Crippen LogP) is 2.23. The zero-order valence-corrected chi connectivity index (χ0v) is 13.4. The Morgan fingerprint density at radius 3 is 2.39 bits per heavy atom. The Hall–Kier alpha value is -1.80. The summed E-state index contributed by atoms with van der Waals surface area (Å²) in [6, 6.07) is 6.23. The number of hydrogen-bond acceptors (Lipinski definition) is 3. The van der Waals surface area contributed by atoms with Crippen molar-refractivity contribution in [1.82, 2.24) is 9.80 Å². The van der Waals surface area contributed by atoms with Gasteiger partial charge in [0.15, 0.2) is 0 Å². The van der Waals surface area contributed by atoms with Crippen LogP contribution in [0.3, 0.4) is 0 Å². The first-order valence-electron chi connectivity index (χ1n) is 6.61. The molecule has 0 aliphatic rings. The van der Waals surface area contributed by atoms with Gasteiger partial charge in [0, 0.05) is 24.8 Å². The highest BCUT2D eigenvalue weighted by Gasteiger charge is 2.32. The van der Waals surface area contributed by atoms with E-state index in [0.717, 1.165) is 9.80 Å². The molecule has 1 N–H and O–H groups in total. The smallest absolute Gasteiger partial charge is 0.348 e. The van der Waals surface area contributed by atoms with Gasteiger partial charge in [0.25, 0.3) is 0 Å². The normalized spacial score (nSPS) is 11.4. The zero-order valence-electron chi connectivity index (χ0n) is 12.7. The van der Waals surface area contributed by atoms with Gasteiger partial charge in [0.2, 0.25) is 11.8 Å². The van der Waals surface area contributed by atoms with Crippen molar-refractivity contribution in [3.05, 3.63) is 29.3 Å². The third-order valence-electron chi connectivity index (χ3n) is 2.74. The summed E-state index contributed by atoms with van der Waals surface area (Å²) in [5.74, 6) is -1.19. The van der Waals surface area contributed by atoms with E-state index in [-0.39, 0.29) is 0 Å². The number of anilines is 1. The van der Waals surface area contributed by atoms with Gasteiger partial charge in [-0.15, -0.1) is 0 Å². The van der Waals surface area contributed by atoms with Crippen LogP contribution in [0.2, 0.25) is 5.02 Å². The molecule has 0 aromatic heterocycles. The van der Waals surface area contributed by atoms with Gasteiger partial charge < -0.3 is 10.2 Å². The molecule has 0 heterocycles. The van der Waals surface area contributed by atoms with Crippen molar-refractivity contribution >= 4 is 29.1 Å². The standard InChI is InChI=1S/C14H17ClF3N3O2/c1-20(2)13(23)8-21(9-14(16,17)18)7-12(22)19-11-5-3-4-10(15)6-11/h3-6H,7-9H2,1-2H3,(H,19,22). The van der Waals surface area contributed by atoms with Gasteiger partial charge in [-0.05, 0) is 18.2 Å². The molecule has 0 radical (unpaired) electrons. The fourth-order valence-electron chi connectivity index (χ4n) is 1.72. The molecule has 0 saturated heterocycles. The summed E-state index contributed by atoms with van der Waals surface area (Å²) in [5.41, 5.74) is 0.369. The van der Waals surface area contributed by atoms with Gasteiger partial charge in [-0.1, -0.05) is 17.7 Å². The maximum Gasteiger partial charge on any atom is 0.401 e. The number of alkyl halides is 3. The van der Waals surface area contributed by atoms with Crippen LogP contribution < -0.4 is 5.32 Å². The van der Waals surface area contributed by atoms with Crippen molar-refractivity contribution in [1.29, 1.82) is 0 Å². The highest BCUT2D eigenvalue weighted by molar-refractivity contribution is 6.30. The molecule has 0 saturated carbocycles. The number of carbonyl (C=O) groups excluding carboxylic acids is 2. The molecule has 2 amide bonds. The molecule has 0 aliphatic carbocycles. The summed E-state index contributed by atoms with van der Waals surface area (Å²) in [4.78, 5) is 25.4. The van der Waals surface area contributed by atoms with E-state index in [9.17, 15) is 22.8 Å². The number of rotatable bonds is 6. The minimum absolute atomic E-state index is 0.369. The van der Waals surface area contributed by atoms with E-state index in [1.807, 2.05) is 0 Å². The SMILES string of the molecule is CN(C)C(=O)CN(CC(=O)Nc1cccc(Cl)c1)CC(F)(F)F. The highest BCUT2D eigenvalue weighted by Crippen LogP contribution is 2.17. The second kappa shape index (κ2) is 8.16. The molecule has 0 fully saturated rings. The van der Waals surface area contributed by atoms with Gasteiger partial charge in [0.1, 0.15) is 0 Å². The number of carbonyl (C=O) groups is 2. The van der Waals surface area contributed by atoms with Crippen LogP contribution in [0.25, 0.3) is 0 Å². The minimum Gasteiger partial charge on any atom is -0.348 e. The number of benzene rings is 1. The quantitative estimate of drug-likeness (QED) is 0.855. The van der Waals surface area contributed by atoms with Gasteiger partial charge in [-0.2, -0.15) is 13.2 Å². The van der Waals surface area contributed by atoms with Crippen LogP contribution in [0.1, 0.15) is 0 Å². The van der Waals surface area contributed by atoms with Crippen LogP contribution in [0.4, 0.5) is 18.9 Å². The molecular weight excluding hydrogens is 335 g/mol. The van der Waals surface area contributed by atoms with Gasteiger partial charge >= 0.3 is 6.18 Å². The van der Waals surface area contributed by atoms with Gasteiger partial charge in [-0.3, -0.25) is 14.5 Å². The molecule has 0 spiro atoms. The third kappa shape index (κ3) is 7.85. The van der Waals surface area contributed by atoms with Crippen molar-refractivity contribution in [2.45, 2.75) is 6.18 Å². The molecule has 5 nitrogen and oxygen atoms in total. The van der Waals surface area contributed by atoms with E-state index in [4.69, 9.17) is 11.6 Å². The Morgan fingerprint density at radius 1 is 1.22 bits per heavy atom. The molecular formula is C14H17ClF3N3O2. The lowest BCUT2D eigenvalue weighted by molar-refractivity contribution is -0.152. The summed E-state index contributed by atoms with van der Waals surface area (Å²) < 4.78 is 37.7. The number of halogens is 4. The number of nitrogens with zero attached hydrogens (tertiary/aromatic N) is 2. The molecule has 0 aliphatic heterocycles. The molecule has 0 unspecified atom stereocenters. The largest absolute Gasteiger partial charge is 0.401 e. The molecule has 0 atom stereocenters. The van der Waals surface area contributed by atoms with E-state index in [1.54, 1.807) is 18.2 Å². The summed E-state index contributed by atoms with van der Waals surface area (Å²) in [6.07, 6.45) is -4.51. The maximum atomic E-state index is 12.6. The molecule has 1 aromatic rings. The molecule has 23 heavy (non-hydrogen) atoms. The van der Waals surface area contributed by atoms with Crippen LogP contribution in [-0.4, -0.2) is 61.5 Å². The van der Waals surface area contributed by atoms with Crippen molar-refractivity contribution in [3.8, 4) is 0 Å². The predicted molar refractivity (Wildman–Crippen MR) is 81.3 cm³/mol. The lowest BCUT2D eigenvalue weighted by atomic mass is 10.3.